The molecule has 1 atom stereocenters. The Labute approximate surface area is 97.5 Å². The van der Waals surface area contributed by atoms with Gasteiger partial charge in [0.15, 0.2) is 5.76 Å². The molecular weight excluding hydrogens is 202 g/mol. The molecule has 0 spiro atoms. The van der Waals surface area contributed by atoms with Crippen molar-refractivity contribution in [2.24, 2.45) is 0 Å². The molecule has 0 aliphatic carbocycles. The highest BCUT2D eigenvalue weighted by Gasteiger charge is 2.26. The molecule has 1 fully saturated rings. The molecule has 2 aliphatic heterocycles. The Bertz CT molecular complexity index is 286. The molecule has 1 amide bonds. The van der Waals surface area contributed by atoms with E-state index >= 15 is 0 Å². The van der Waals surface area contributed by atoms with Crippen molar-refractivity contribution in [1.29, 1.82) is 0 Å². The summed E-state index contributed by atoms with van der Waals surface area (Å²) in [6, 6.07) is 0.362. The van der Waals surface area contributed by atoms with Crippen molar-refractivity contribution < 1.29 is 9.53 Å². The topological polar surface area (TPSA) is 29.5 Å². The van der Waals surface area contributed by atoms with Crippen molar-refractivity contribution in [1.82, 2.24) is 4.90 Å². The van der Waals surface area contributed by atoms with Crippen molar-refractivity contribution in [2.75, 3.05) is 13.2 Å². The highest BCUT2D eigenvalue weighted by Crippen LogP contribution is 2.20. The number of ether oxygens (including phenoxy) is 1. The molecule has 90 valence electrons. The van der Waals surface area contributed by atoms with Gasteiger partial charge in [-0.15, -0.1) is 0 Å². The van der Waals surface area contributed by atoms with Crippen LogP contribution in [0.25, 0.3) is 0 Å². The van der Waals surface area contributed by atoms with Crippen LogP contribution >= 0.6 is 0 Å². The summed E-state index contributed by atoms with van der Waals surface area (Å²) in [6.45, 7) is 3.73. The first kappa shape index (κ1) is 11.5. The maximum absolute atomic E-state index is 12.2. The second-order valence-electron chi connectivity index (χ2n) is 4.76. The predicted octanol–water partition coefficient (Wildman–Crippen LogP) is 2.47. The zero-order valence-corrected chi connectivity index (χ0v) is 10.1. The molecule has 0 saturated carbocycles. The van der Waals surface area contributed by atoms with E-state index in [2.05, 4.69) is 6.92 Å². The summed E-state index contributed by atoms with van der Waals surface area (Å²) in [5, 5.41) is 0. The van der Waals surface area contributed by atoms with E-state index in [1.165, 1.54) is 12.8 Å². The van der Waals surface area contributed by atoms with Crippen LogP contribution in [0.4, 0.5) is 0 Å². The molecule has 2 aliphatic rings. The van der Waals surface area contributed by atoms with Gasteiger partial charge in [0.2, 0.25) is 0 Å². The first-order chi connectivity index (χ1) is 7.79. The van der Waals surface area contributed by atoms with Gasteiger partial charge in [-0.25, -0.2) is 0 Å². The van der Waals surface area contributed by atoms with Crippen LogP contribution in [0.1, 0.15) is 45.4 Å². The molecule has 0 N–H and O–H groups in total. The molecule has 0 radical (unpaired) electrons. The van der Waals surface area contributed by atoms with E-state index in [1.54, 1.807) is 0 Å². The van der Waals surface area contributed by atoms with E-state index in [9.17, 15) is 4.79 Å². The van der Waals surface area contributed by atoms with Crippen LogP contribution in [0.5, 0.6) is 0 Å². The van der Waals surface area contributed by atoms with E-state index in [-0.39, 0.29) is 5.91 Å². The summed E-state index contributed by atoms with van der Waals surface area (Å²) in [6.07, 6.45) is 8.69. The van der Waals surface area contributed by atoms with Crippen LogP contribution in [0.3, 0.4) is 0 Å². The minimum absolute atomic E-state index is 0.106. The molecule has 1 saturated heterocycles. The lowest BCUT2D eigenvalue weighted by molar-refractivity contribution is -0.133. The SMILES string of the molecule is C[C@H]1CCCCCN1C(=O)C1=CCCCO1. The zero-order valence-electron chi connectivity index (χ0n) is 10.1. The highest BCUT2D eigenvalue weighted by molar-refractivity contribution is 5.91. The van der Waals surface area contributed by atoms with E-state index in [1.807, 2.05) is 11.0 Å². The second kappa shape index (κ2) is 5.37. The lowest BCUT2D eigenvalue weighted by Crippen LogP contribution is -2.39. The number of likely N-dealkylation sites (tertiary alicyclic amines) is 1. The fourth-order valence-corrected chi connectivity index (χ4v) is 2.42. The number of amides is 1. The van der Waals surface area contributed by atoms with E-state index in [4.69, 9.17) is 4.74 Å². The van der Waals surface area contributed by atoms with Gasteiger partial charge in [0.05, 0.1) is 6.61 Å². The van der Waals surface area contributed by atoms with Gasteiger partial charge in [0.25, 0.3) is 5.91 Å². The number of carbonyl (C=O) groups excluding carboxylic acids is 1. The zero-order chi connectivity index (χ0) is 11.4. The van der Waals surface area contributed by atoms with Gasteiger partial charge < -0.3 is 9.64 Å². The van der Waals surface area contributed by atoms with Crippen LogP contribution in [0, 0.1) is 0 Å². The quantitative estimate of drug-likeness (QED) is 0.683. The molecule has 16 heavy (non-hydrogen) atoms. The molecule has 0 aromatic heterocycles. The molecule has 0 aromatic rings. The molecule has 2 rings (SSSR count). The van der Waals surface area contributed by atoms with Crippen molar-refractivity contribution in [3.05, 3.63) is 11.8 Å². The minimum atomic E-state index is 0.106. The van der Waals surface area contributed by atoms with Crippen molar-refractivity contribution in [2.45, 2.75) is 51.5 Å². The standard InChI is InChI=1S/C13H21NO2/c1-11-7-3-2-5-9-14(11)13(15)12-8-4-6-10-16-12/h8,11H,2-7,9-10H2,1H3/t11-/m0/s1. The monoisotopic (exact) mass is 223 g/mol. The van der Waals surface area contributed by atoms with Gasteiger partial charge in [-0.3, -0.25) is 4.79 Å². The number of allylic oxidation sites excluding steroid dienone is 1. The van der Waals surface area contributed by atoms with Gasteiger partial charge in [-0.1, -0.05) is 12.8 Å². The highest BCUT2D eigenvalue weighted by atomic mass is 16.5. The largest absolute Gasteiger partial charge is 0.488 e. The summed E-state index contributed by atoms with van der Waals surface area (Å²) in [5.74, 6) is 0.689. The molecule has 2 heterocycles. The third-order valence-electron chi connectivity index (χ3n) is 3.46. The third kappa shape index (κ3) is 2.57. The van der Waals surface area contributed by atoms with Crippen LogP contribution in [-0.2, 0) is 9.53 Å². The summed E-state index contributed by atoms with van der Waals surface area (Å²) in [5.41, 5.74) is 0. The molecular formula is C13H21NO2. The average molecular weight is 223 g/mol. The molecule has 3 nitrogen and oxygen atoms in total. The Morgan fingerprint density at radius 3 is 3.00 bits per heavy atom. The lowest BCUT2D eigenvalue weighted by Gasteiger charge is -2.28. The van der Waals surface area contributed by atoms with Crippen molar-refractivity contribution in [3.8, 4) is 0 Å². The van der Waals surface area contributed by atoms with Crippen LogP contribution < -0.4 is 0 Å². The fraction of sp³-hybridized carbons (Fsp3) is 0.769. The first-order valence-corrected chi connectivity index (χ1v) is 6.43. The predicted molar refractivity (Wildman–Crippen MR) is 62.9 cm³/mol. The lowest BCUT2D eigenvalue weighted by atomic mass is 10.1. The second-order valence-corrected chi connectivity index (χ2v) is 4.76. The van der Waals surface area contributed by atoms with Crippen LogP contribution in [0.2, 0.25) is 0 Å². The average Bonchev–Trinajstić information content (AvgIpc) is 2.54. The van der Waals surface area contributed by atoms with Gasteiger partial charge in [0.1, 0.15) is 0 Å². The van der Waals surface area contributed by atoms with E-state index in [0.29, 0.717) is 18.4 Å². The number of rotatable bonds is 1. The number of hydrogen-bond donors (Lipinski definition) is 0. The van der Waals surface area contributed by atoms with E-state index in [0.717, 1.165) is 32.2 Å². The Hall–Kier alpha value is -0.990. The summed E-state index contributed by atoms with van der Waals surface area (Å²) >= 11 is 0. The maximum Gasteiger partial charge on any atom is 0.288 e. The van der Waals surface area contributed by atoms with Crippen LogP contribution in [0.15, 0.2) is 11.8 Å². The number of nitrogens with zero attached hydrogens (tertiary/aromatic N) is 1. The smallest absolute Gasteiger partial charge is 0.288 e. The Balaban J connectivity index is 2.03. The number of hydrogen-bond acceptors (Lipinski definition) is 2. The van der Waals surface area contributed by atoms with Crippen molar-refractivity contribution >= 4 is 5.91 Å². The summed E-state index contributed by atoms with van der Waals surface area (Å²) in [7, 11) is 0. The summed E-state index contributed by atoms with van der Waals surface area (Å²) in [4.78, 5) is 14.2. The van der Waals surface area contributed by atoms with Gasteiger partial charge in [-0.2, -0.15) is 0 Å². The minimum Gasteiger partial charge on any atom is -0.488 e. The van der Waals surface area contributed by atoms with Gasteiger partial charge in [-0.05, 0) is 38.7 Å². The third-order valence-corrected chi connectivity index (χ3v) is 3.46. The molecule has 0 bridgehead atoms. The normalized spacial score (nSPS) is 26.7. The summed E-state index contributed by atoms with van der Waals surface area (Å²) < 4.78 is 5.45. The molecule has 0 aromatic carbocycles. The first-order valence-electron chi connectivity index (χ1n) is 6.43. The fourth-order valence-electron chi connectivity index (χ4n) is 2.42. The van der Waals surface area contributed by atoms with Crippen LogP contribution in [-0.4, -0.2) is 30.0 Å². The Morgan fingerprint density at radius 1 is 1.38 bits per heavy atom. The Kier molecular flexibility index (Phi) is 3.86. The van der Waals surface area contributed by atoms with Crippen molar-refractivity contribution in [3.63, 3.8) is 0 Å². The number of carbonyl (C=O) groups is 1. The molecule has 0 unspecified atom stereocenters. The van der Waals surface area contributed by atoms with Gasteiger partial charge >= 0.3 is 0 Å². The van der Waals surface area contributed by atoms with E-state index < -0.39 is 0 Å². The maximum atomic E-state index is 12.2. The van der Waals surface area contributed by atoms with Gasteiger partial charge in [0, 0.05) is 12.6 Å². The molecule has 3 heteroatoms. The Morgan fingerprint density at radius 2 is 2.25 bits per heavy atom.